The Balaban J connectivity index is 1.71. The van der Waals surface area contributed by atoms with E-state index < -0.39 is 15.6 Å². The first kappa shape index (κ1) is 21.0. The zero-order valence-electron chi connectivity index (χ0n) is 17.4. The summed E-state index contributed by atoms with van der Waals surface area (Å²) in [6, 6.07) is 7.40. The van der Waals surface area contributed by atoms with Crippen LogP contribution in [-0.2, 0) is 28.4 Å². The van der Waals surface area contributed by atoms with Crippen LogP contribution in [0.5, 0.6) is 0 Å². The summed E-state index contributed by atoms with van der Waals surface area (Å²) in [5.41, 5.74) is 9.07. The molecule has 2 N–H and O–H groups in total. The number of carbonyl (C=O) groups excluding carboxylic acids is 1. The summed E-state index contributed by atoms with van der Waals surface area (Å²) < 4.78 is 26.4. The lowest BCUT2D eigenvalue weighted by molar-refractivity contribution is 0.0987. The number of hydrogen-bond acceptors (Lipinski definition) is 6. The Labute approximate surface area is 181 Å². The molecule has 31 heavy (non-hydrogen) atoms. The first-order chi connectivity index (χ1) is 14.6. The number of carbonyl (C=O) groups is 1. The molecular formula is C22H23N5O3S. The predicted octanol–water partition coefficient (Wildman–Crippen LogP) is 2.49. The highest BCUT2D eigenvalue weighted by Crippen LogP contribution is 2.42. The van der Waals surface area contributed by atoms with Crippen LogP contribution in [0.2, 0.25) is 0 Å². The third-order valence-corrected chi connectivity index (χ3v) is 7.89. The molecule has 0 saturated carbocycles. The molecule has 1 aliphatic carbocycles. The van der Waals surface area contributed by atoms with E-state index in [2.05, 4.69) is 14.8 Å². The monoisotopic (exact) mass is 437 g/mol. The number of hydrogen-bond donors (Lipinski definition) is 1. The molecule has 2 aliphatic rings. The maximum absolute atomic E-state index is 12.9. The van der Waals surface area contributed by atoms with Gasteiger partial charge in [-0.3, -0.25) is 9.78 Å². The average molecular weight is 438 g/mol. The van der Waals surface area contributed by atoms with Crippen LogP contribution in [0.15, 0.2) is 35.5 Å². The summed E-state index contributed by atoms with van der Waals surface area (Å²) in [7, 11) is -2.16. The van der Waals surface area contributed by atoms with E-state index in [1.165, 1.54) is 13.2 Å². The Morgan fingerprint density at radius 3 is 2.81 bits per heavy atom. The number of ketones is 1. The molecule has 0 fully saturated rings. The second-order valence-electron chi connectivity index (χ2n) is 8.14. The molecule has 160 valence electrons. The molecule has 1 aromatic carbocycles. The fraction of sp³-hybridized carbons (Fsp3) is 0.364. The molecule has 1 aliphatic heterocycles. The number of guanidine groups is 1. The van der Waals surface area contributed by atoms with E-state index in [1.54, 1.807) is 13.0 Å². The lowest BCUT2D eigenvalue weighted by Gasteiger charge is -2.40. The maximum Gasteiger partial charge on any atom is 0.239 e. The second kappa shape index (κ2) is 7.46. The van der Waals surface area contributed by atoms with Crippen LogP contribution < -0.4 is 5.73 Å². The third kappa shape index (κ3) is 3.68. The predicted molar refractivity (Wildman–Crippen MR) is 118 cm³/mol. The van der Waals surface area contributed by atoms with Gasteiger partial charge in [0.05, 0.1) is 12.3 Å². The van der Waals surface area contributed by atoms with Crippen molar-refractivity contribution in [1.82, 2.24) is 9.29 Å². The van der Waals surface area contributed by atoms with Gasteiger partial charge in [-0.25, -0.2) is 22.6 Å². The number of rotatable bonds is 3. The van der Waals surface area contributed by atoms with Crippen molar-refractivity contribution >= 4 is 27.5 Å². The molecule has 2 heterocycles. The summed E-state index contributed by atoms with van der Waals surface area (Å²) in [6.45, 7) is 8.83. The summed E-state index contributed by atoms with van der Waals surface area (Å²) in [4.78, 5) is 25.0. The Kier molecular flexibility index (Phi) is 5.06. The first-order valence-corrected chi connectivity index (χ1v) is 11.6. The number of pyridine rings is 1. The minimum atomic E-state index is -3.58. The lowest BCUT2D eigenvalue weighted by Crippen LogP contribution is -2.52. The SMILES string of the molecule is [C-]#[N+]c1cnc(C(=O)Cc2ccc3c(c2)[C@]2(CCC3)CS(=O)(=O)N(C)C(N)=N2)c(C)c1. The Morgan fingerprint density at radius 2 is 2.13 bits per heavy atom. The molecular weight excluding hydrogens is 414 g/mol. The molecule has 4 rings (SSSR count). The van der Waals surface area contributed by atoms with Crippen molar-refractivity contribution in [2.24, 2.45) is 10.7 Å². The number of sulfonamides is 1. The number of aromatic nitrogens is 1. The van der Waals surface area contributed by atoms with Gasteiger partial charge in [0, 0.05) is 19.7 Å². The van der Waals surface area contributed by atoms with E-state index in [1.807, 2.05) is 18.2 Å². The second-order valence-corrected chi connectivity index (χ2v) is 10.1. The van der Waals surface area contributed by atoms with Gasteiger partial charge >= 0.3 is 0 Å². The molecule has 0 bridgehead atoms. The Morgan fingerprint density at radius 1 is 1.35 bits per heavy atom. The fourth-order valence-electron chi connectivity index (χ4n) is 4.40. The normalized spacial score (nSPS) is 21.8. The molecule has 8 nitrogen and oxygen atoms in total. The first-order valence-electron chi connectivity index (χ1n) is 9.97. The Hall–Kier alpha value is -3.25. The number of benzene rings is 1. The summed E-state index contributed by atoms with van der Waals surface area (Å²) in [6.07, 6.45) is 3.76. The van der Waals surface area contributed by atoms with Crippen LogP contribution in [0.25, 0.3) is 4.85 Å². The van der Waals surface area contributed by atoms with Crippen LogP contribution in [0.1, 0.15) is 45.6 Å². The standard InChI is InChI=1S/C22H23N5O3S/c1-14-9-17(24-2)12-25-20(14)19(28)11-15-6-7-16-5-4-8-22(18(16)10-15)13-31(29,30)27(3)21(23)26-22/h6-7,9-10,12H,4-5,8,11,13H2,1,3H3,(H2,23,26)/t22-/m0/s1. The van der Waals surface area contributed by atoms with Crippen molar-refractivity contribution in [3.63, 3.8) is 0 Å². The van der Waals surface area contributed by atoms with Crippen molar-refractivity contribution in [3.05, 3.63) is 69.8 Å². The average Bonchev–Trinajstić information content (AvgIpc) is 2.72. The molecule has 1 atom stereocenters. The summed E-state index contributed by atoms with van der Waals surface area (Å²) in [5, 5.41) is 0. The van der Waals surface area contributed by atoms with E-state index in [-0.39, 0.29) is 23.9 Å². The van der Waals surface area contributed by atoms with E-state index >= 15 is 0 Å². The molecule has 0 radical (unpaired) electrons. The van der Waals surface area contributed by atoms with Gasteiger partial charge in [-0.05, 0) is 54.5 Å². The molecule has 0 saturated heterocycles. The van der Waals surface area contributed by atoms with Gasteiger partial charge in [-0.2, -0.15) is 0 Å². The van der Waals surface area contributed by atoms with Crippen LogP contribution in [-0.4, -0.2) is 42.3 Å². The zero-order chi connectivity index (χ0) is 22.4. The number of aliphatic imine (C=N–C) groups is 1. The fourth-order valence-corrected chi connectivity index (χ4v) is 5.89. The van der Waals surface area contributed by atoms with Gasteiger partial charge in [0.2, 0.25) is 21.7 Å². The molecule has 0 unspecified atom stereocenters. The molecule has 9 heteroatoms. The van der Waals surface area contributed by atoms with Gasteiger partial charge in [-0.1, -0.05) is 18.2 Å². The van der Waals surface area contributed by atoms with Gasteiger partial charge in [0.25, 0.3) is 0 Å². The number of aryl methyl sites for hydroxylation is 2. The smallest absolute Gasteiger partial charge is 0.239 e. The summed E-state index contributed by atoms with van der Waals surface area (Å²) >= 11 is 0. The van der Waals surface area contributed by atoms with Crippen molar-refractivity contribution < 1.29 is 13.2 Å². The van der Waals surface area contributed by atoms with Crippen LogP contribution in [0.3, 0.4) is 0 Å². The highest BCUT2D eigenvalue weighted by Gasteiger charge is 2.45. The van der Waals surface area contributed by atoms with Gasteiger partial charge < -0.3 is 5.73 Å². The lowest BCUT2D eigenvalue weighted by atomic mass is 9.77. The quantitative estimate of drug-likeness (QED) is 0.586. The molecule has 2 aromatic rings. The third-order valence-electron chi connectivity index (χ3n) is 6.02. The van der Waals surface area contributed by atoms with E-state index in [9.17, 15) is 13.2 Å². The van der Waals surface area contributed by atoms with Crippen molar-refractivity contribution in [2.45, 2.75) is 38.1 Å². The minimum Gasteiger partial charge on any atom is -0.369 e. The van der Waals surface area contributed by atoms with Crippen LogP contribution >= 0.6 is 0 Å². The number of nitrogens with zero attached hydrogens (tertiary/aromatic N) is 4. The topological polar surface area (TPSA) is 110 Å². The van der Waals surface area contributed by atoms with Gasteiger partial charge in [0.15, 0.2) is 5.78 Å². The minimum absolute atomic E-state index is 0.0136. The van der Waals surface area contributed by atoms with Crippen LogP contribution in [0.4, 0.5) is 5.69 Å². The van der Waals surface area contributed by atoms with E-state index in [0.717, 1.165) is 33.8 Å². The largest absolute Gasteiger partial charge is 0.369 e. The molecule has 1 spiro atoms. The van der Waals surface area contributed by atoms with Crippen LogP contribution in [0, 0.1) is 13.5 Å². The highest BCUT2D eigenvalue weighted by molar-refractivity contribution is 7.89. The van der Waals surface area contributed by atoms with E-state index in [0.29, 0.717) is 23.4 Å². The van der Waals surface area contributed by atoms with Gasteiger partial charge in [-0.15, -0.1) is 0 Å². The van der Waals surface area contributed by atoms with Crippen molar-refractivity contribution in [2.75, 3.05) is 12.8 Å². The summed E-state index contributed by atoms with van der Waals surface area (Å²) in [5.74, 6) is -0.307. The highest BCUT2D eigenvalue weighted by atomic mass is 32.2. The Bertz CT molecular complexity index is 1260. The molecule has 1 aromatic heterocycles. The van der Waals surface area contributed by atoms with Gasteiger partial charge in [0.1, 0.15) is 11.2 Å². The van der Waals surface area contributed by atoms with Crippen molar-refractivity contribution in [1.29, 1.82) is 0 Å². The van der Waals surface area contributed by atoms with E-state index in [4.69, 9.17) is 12.3 Å². The number of Topliss-reactive ketones (excluding diaryl/α,β-unsaturated/α-hetero) is 1. The number of fused-ring (bicyclic) bond motifs is 2. The maximum atomic E-state index is 12.9. The van der Waals surface area contributed by atoms with Crippen molar-refractivity contribution in [3.8, 4) is 0 Å². The number of nitrogens with two attached hydrogens (primary N) is 1. The zero-order valence-corrected chi connectivity index (χ0v) is 18.2. The molecule has 0 amide bonds.